The molecule has 104 valence electrons. The van der Waals surface area contributed by atoms with Gasteiger partial charge in [0.05, 0.1) is 13.1 Å². The fourth-order valence-corrected chi connectivity index (χ4v) is 2.12. The lowest BCUT2D eigenvalue weighted by Gasteiger charge is -2.24. The number of hydrogen-bond donors (Lipinski definition) is 3. The first kappa shape index (κ1) is 15.5. The van der Waals surface area contributed by atoms with Crippen LogP contribution in [-0.4, -0.2) is 32.0 Å². The summed E-state index contributed by atoms with van der Waals surface area (Å²) < 4.78 is 0.848. The van der Waals surface area contributed by atoms with Crippen LogP contribution >= 0.6 is 15.9 Å². The third-order valence-corrected chi connectivity index (χ3v) is 2.94. The van der Waals surface area contributed by atoms with Crippen LogP contribution in [0.2, 0.25) is 0 Å². The SMILES string of the molecule is CNCc1ccc(Br)cc1N(CC(N)=O)CC(N)=O. The number of nitrogens with zero attached hydrogens (tertiary/aromatic N) is 1. The Morgan fingerprint density at radius 1 is 1.26 bits per heavy atom. The van der Waals surface area contributed by atoms with Crippen molar-refractivity contribution in [1.29, 1.82) is 0 Å². The second-order valence-corrected chi connectivity index (χ2v) is 5.01. The topological polar surface area (TPSA) is 101 Å². The van der Waals surface area contributed by atoms with Gasteiger partial charge in [-0.3, -0.25) is 9.59 Å². The standard InChI is InChI=1S/C12H17BrN4O2/c1-16-5-8-2-3-9(13)4-10(8)17(6-11(14)18)7-12(15)19/h2-4,16H,5-7H2,1H3,(H2,14,18)(H2,15,19). The lowest BCUT2D eigenvalue weighted by Crippen LogP contribution is -2.40. The van der Waals surface area contributed by atoms with Crippen molar-refractivity contribution in [2.45, 2.75) is 6.54 Å². The Morgan fingerprint density at radius 2 is 1.84 bits per heavy atom. The Balaban J connectivity index is 3.14. The first-order chi connectivity index (χ1) is 8.93. The second-order valence-electron chi connectivity index (χ2n) is 4.09. The fourth-order valence-electron chi connectivity index (χ4n) is 1.77. The zero-order valence-electron chi connectivity index (χ0n) is 10.6. The summed E-state index contributed by atoms with van der Waals surface area (Å²) in [6, 6.07) is 5.63. The number of benzene rings is 1. The van der Waals surface area contributed by atoms with Gasteiger partial charge in [-0.25, -0.2) is 0 Å². The number of amides is 2. The number of halogens is 1. The summed E-state index contributed by atoms with van der Waals surface area (Å²) in [5.41, 5.74) is 12.1. The summed E-state index contributed by atoms with van der Waals surface area (Å²) in [5, 5.41) is 3.03. The molecule has 0 spiro atoms. The molecule has 0 radical (unpaired) electrons. The van der Waals surface area contributed by atoms with Crippen molar-refractivity contribution in [3.8, 4) is 0 Å². The summed E-state index contributed by atoms with van der Waals surface area (Å²) in [5.74, 6) is -1.03. The molecule has 19 heavy (non-hydrogen) atoms. The van der Waals surface area contributed by atoms with Gasteiger partial charge in [0.2, 0.25) is 11.8 Å². The van der Waals surface area contributed by atoms with Gasteiger partial charge in [-0.05, 0) is 24.7 Å². The number of carbonyl (C=O) groups is 2. The highest BCUT2D eigenvalue weighted by Crippen LogP contribution is 2.25. The Bertz CT molecular complexity index is 463. The van der Waals surface area contributed by atoms with Crippen LogP contribution in [0.1, 0.15) is 5.56 Å². The molecule has 0 aromatic heterocycles. The predicted octanol–water partition coefficient (Wildman–Crippen LogP) is -0.0545. The Labute approximate surface area is 120 Å². The summed E-state index contributed by atoms with van der Waals surface area (Å²) in [6.07, 6.45) is 0. The molecule has 0 atom stereocenters. The average molecular weight is 329 g/mol. The van der Waals surface area contributed by atoms with Gasteiger partial charge in [0.25, 0.3) is 0 Å². The quantitative estimate of drug-likeness (QED) is 0.652. The number of primary amides is 2. The fraction of sp³-hybridized carbons (Fsp3) is 0.333. The molecule has 1 rings (SSSR count). The van der Waals surface area contributed by atoms with Gasteiger partial charge in [0.1, 0.15) is 0 Å². The molecule has 0 heterocycles. The first-order valence-electron chi connectivity index (χ1n) is 5.68. The van der Waals surface area contributed by atoms with E-state index in [9.17, 15) is 9.59 Å². The van der Waals surface area contributed by atoms with E-state index in [1.54, 1.807) is 4.90 Å². The van der Waals surface area contributed by atoms with Crippen LogP contribution in [0.3, 0.4) is 0 Å². The molecule has 1 aromatic carbocycles. The molecule has 6 nitrogen and oxygen atoms in total. The van der Waals surface area contributed by atoms with Crippen LogP contribution < -0.4 is 21.7 Å². The third-order valence-electron chi connectivity index (χ3n) is 2.45. The number of nitrogens with one attached hydrogen (secondary N) is 1. The minimum atomic E-state index is -0.517. The predicted molar refractivity (Wildman–Crippen MR) is 77.5 cm³/mol. The van der Waals surface area contributed by atoms with Crippen molar-refractivity contribution in [3.05, 3.63) is 28.2 Å². The summed E-state index contributed by atoms with van der Waals surface area (Å²) in [4.78, 5) is 23.8. The summed E-state index contributed by atoms with van der Waals surface area (Å²) >= 11 is 3.37. The van der Waals surface area contributed by atoms with E-state index in [0.29, 0.717) is 6.54 Å². The highest BCUT2D eigenvalue weighted by molar-refractivity contribution is 9.10. The van der Waals surface area contributed by atoms with Crippen LogP contribution in [0.25, 0.3) is 0 Å². The van der Waals surface area contributed by atoms with Crippen LogP contribution in [-0.2, 0) is 16.1 Å². The molecular formula is C12H17BrN4O2. The van der Waals surface area contributed by atoms with Crippen molar-refractivity contribution < 1.29 is 9.59 Å². The van der Waals surface area contributed by atoms with Crippen molar-refractivity contribution in [1.82, 2.24) is 5.32 Å². The van der Waals surface area contributed by atoms with E-state index in [0.717, 1.165) is 15.7 Å². The number of hydrogen-bond acceptors (Lipinski definition) is 4. The Kier molecular flexibility index (Phi) is 5.78. The maximum atomic E-state index is 11.1. The molecule has 0 unspecified atom stereocenters. The molecule has 0 fully saturated rings. The highest BCUT2D eigenvalue weighted by atomic mass is 79.9. The van der Waals surface area contributed by atoms with Gasteiger partial charge in [0, 0.05) is 16.7 Å². The van der Waals surface area contributed by atoms with Crippen LogP contribution in [0.5, 0.6) is 0 Å². The normalized spacial score (nSPS) is 10.2. The zero-order chi connectivity index (χ0) is 14.4. The number of anilines is 1. The van der Waals surface area contributed by atoms with Crippen LogP contribution in [0, 0.1) is 0 Å². The smallest absolute Gasteiger partial charge is 0.236 e. The lowest BCUT2D eigenvalue weighted by atomic mass is 10.1. The largest absolute Gasteiger partial charge is 0.368 e. The van der Waals surface area contributed by atoms with Gasteiger partial charge in [0.15, 0.2) is 0 Å². The van der Waals surface area contributed by atoms with Crippen molar-refractivity contribution in [2.75, 3.05) is 25.0 Å². The number of nitrogens with two attached hydrogens (primary N) is 2. The van der Waals surface area contributed by atoms with E-state index in [-0.39, 0.29) is 13.1 Å². The molecule has 0 aliphatic carbocycles. The van der Waals surface area contributed by atoms with Crippen molar-refractivity contribution >= 4 is 33.4 Å². The summed E-state index contributed by atoms with van der Waals surface area (Å²) in [7, 11) is 1.82. The maximum Gasteiger partial charge on any atom is 0.236 e. The molecule has 5 N–H and O–H groups in total. The molecule has 1 aromatic rings. The van der Waals surface area contributed by atoms with Crippen LogP contribution in [0.4, 0.5) is 5.69 Å². The lowest BCUT2D eigenvalue weighted by molar-refractivity contribution is -0.117. The third kappa shape index (κ3) is 4.88. The van der Waals surface area contributed by atoms with E-state index in [1.807, 2.05) is 25.2 Å². The first-order valence-corrected chi connectivity index (χ1v) is 6.48. The Morgan fingerprint density at radius 3 is 2.32 bits per heavy atom. The molecule has 0 saturated heterocycles. The maximum absolute atomic E-state index is 11.1. The number of rotatable bonds is 7. The van der Waals surface area contributed by atoms with E-state index in [4.69, 9.17) is 11.5 Å². The molecule has 0 bridgehead atoms. The van der Waals surface area contributed by atoms with E-state index >= 15 is 0 Å². The van der Waals surface area contributed by atoms with E-state index in [2.05, 4.69) is 21.2 Å². The monoisotopic (exact) mass is 328 g/mol. The van der Waals surface area contributed by atoms with Gasteiger partial charge in [-0.2, -0.15) is 0 Å². The molecule has 7 heteroatoms. The molecular weight excluding hydrogens is 312 g/mol. The minimum Gasteiger partial charge on any atom is -0.368 e. The molecule has 2 amide bonds. The van der Waals surface area contributed by atoms with Crippen LogP contribution in [0.15, 0.2) is 22.7 Å². The molecule has 0 saturated carbocycles. The Hall–Kier alpha value is -1.60. The van der Waals surface area contributed by atoms with Gasteiger partial charge >= 0.3 is 0 Å². The highest BCUT2D eigenvalue weighted by Gasteiger charge is 2.15. The zero-order valence-corrected chi connectivity index (χ0v) is 12.2. The van der Waals surface area contributed by atoms with Gasteiger partial charge < -0.3 is 21.7 Å². The average Bonchev–Trinajstić information content (AvgIpc) is 2.29. The van der Waals surface area contributed by atoms with Gasteiger partial charge in [-0.15, -0.1) is 0 Å². The van der Waals surface area contributed by atoms with Gasteiger partial charge in [-0.1, -0.05) is 22.0 Å². The van der Waals surface area contributed by atoms with E-state index < -0.39 is 11.8 Å². The molecule has 0 aliphatic heterocycles. The van der Waals surface area contributed by atoms with Crippen molar-refractivity contribution in [3.63, 3.8) is 0 Å². The van der Waals surface area contributed by atoms with E-state index in [1.165, 1.54) is 0 Å². The number of carbonyl (C=O) groups excluding carboxylic acids is 2. The summed E-state index contributed by atoms with van der Waals surface area (Å²) in [6.45, 7) is 0.489. The molecule has 0 aliphatic rings. The minimum absolute atomic E-state index is 0.0594. The second kappa shape index (κ2) is 7.10. The van der Waals surface area contributed by atoms with Crippen molar-refractivity contribution in [2.24, 2.45) is 11.5 Å².